The molecule has 1 spiro atoms. The molecular formula is C13H25NO2S. The van der Waals surface area contributed by atoms with Crippen molar-refractivity contribution < 1.29 is 9.84 Å². The third kappa shape index (κ3) is 3.37. The summed E-state index contributed by atoms with van der Waals surface area (Å²) in [5.41, 5.74) is 0.162. The smallest absolute Gasteiger partial charge is 0.0795 e. The summed E-state index contributed by atoms with van der Waals surface area (Å²) in [5.74, 6) is 2.42. The van der Waals surface area contributed by atoms with Crippen LogP contribution in [0.15, 0.2) is 0 Å². The zero-order chi connectivity index (χ0) is 12.1. The number of aliphatic hydroxyl groups is 1. The second-order valence-corrected chi connectivity index (χ2v) is 6.35. The summed E-state index contributed by atoms with van der Waals surface area (Å²) in [5, 5.41) is 9.17. The predicted octanol–water partition coefficient (Wildman–Crippen LogP) is 1.75. The molecule has 100 valence electrons. The van der Waals surface area contributed by atoms with Gasteiger partial charge in [-0.25, -0.2) is 0 Å². The normalized spacial score (nSPS) is 33.7. The number of ether oxygens (including phenoxy) is 1. The molecule has 2 aliphatic heterocycles. The molecule has 0 bridgehead atoms. The lowest BCUT2D eigenvalue weighted by Crippen LogP contribution is -2.49. The molecule has 0 aromatic carbocycles. The first kappa shape index (κ1) is 13.7. The Kier molecular flexibility index (Phi) is 5.15. The molecule has 0 radical (unpaired) electrons. The number of hydrogen-bond acceptors (Lipinski definition) is 4. The topological polar surface area (TPSA) is 32.7 Å². The number of aliphatic hydroxyl groups excluding tert-OH is 1. The van der Waals surface area contributed by atoms with Crippen LogP contribution in [0.3, 0.4) is 0 Å². The molecule has 2 unspecified atom stereocenters. The Morgan fingerprint density at radius 3 is 3.00 bits per heavy atom. The Bertz CT molecular complexity index is 225. The summed E-state index contributed by atoms with van der Waals surface area (Å²) in [6.45, 7) is 5.32. The summed E-state index contributed by atoms with van der Waals surface area (Å²) < 4.78 is 6.05. The minimum Gasteiger partial charge on any atom is -0.395 e. The van der Waals surface area contributed by atoms with Gasteiger partial charge in [-0.1, -0.05) is 6.92 Å². The van der Waals surface area contributed by atoms with E-state index in [2.05, 4.69) is 11.8 Å². The molecule has 0 aromatic rings. The molecule has 2 heterocycles. The molecule has 0 aliphatic carbocycles. The molecule has 2 atom stereocenters. The molecular weight excluding hydrogens is 234 g/mol. The summed E-state index contributed by atoms with van der Waals surface area (Å²) in [6.07, 6.45) is 4.68. The number of nitrogens with zero attached hydrogens (tertiary/aromatic N) is 1. The lowest BCUT2D eigenvalue weighted by molar-refractivity contribution is -0.0907. The second kappa shape index (κ2) is 6.41. The van der Waals surface area contributed by atoms with Crippen molar-refractivity contribution in [3.63, 3.8) is 0 Å². The van der Waals surface area contributed by atoms with Crippen molar-refractivity contribution >= 4 is 11.8 Å². The van der Waals surface area contributed by atoms with E-state index < -0.39 is 0 Å². The fraction of sp³-hybridized carbons (Fsp3) is 1.00. The average Bonchev–Trinajstić information content (AvgIpc) is 2.77. The second-order valence-electron chi connectivity index (χ2n) is 5.24. The van der Waals surface area contributed by atoms with E-state index in [4.69, 9.17) is 4.74 Å². The number of thioether (sulfide) groups is 1. The van der Waals surface area contributed by atoms with Gasteiger partial charge in [0, 0.05) is 24.9 Å². The molecule has 0 aromatic heterocycles. The highest BCUT2D eigenvalue weighted by atomic mass is 32.2. The van der Waals surface area contributed by atoms with Gasteiger partial charge in [0.25, 0.3) is 0 Å². The predicted molar refractivity (Wildman–Crippen MR) is 72.6 cm³/mol. The number of rotatable bonds is 5. The van der Waals surface area contributed by atoms with E-state index in [0.717, 1.165) is 26.1 Å². The van der Waals surface area contributed by atoms with Gasteiger partial charge in [0.05, 0.1) is 12.2 Å². The molecule has 0 saturated carbocycles. The Hall–Kier alpha value is 0.230. The summed E-state index contributed by atoms with van der Waals surface area (Å²) >= 11 is 2.03. The maximum atomic E-state index is 9.17. The van der Waals surface area contributed by atoms with Gasteiger partial charge in [-0.05, 0) is 38.0 Å². The highest BCUT2D eigenvalue weighted by Gasteiger charge is 2.41. The molecule has 17 heavy (non-hydrogen) atoms. The maximum absolute atomic E-state index is 9.17. The van der Waals surface area contributed by atoms with Gasteiger partial charge in [0.15, 0.2) is 0 Å². The van der Waals surface area contributed by atoms with E-state index in [9.17, 15) is 5.11 Å². The van der Waals surface area contributed by atoms with Crippen LogP contribution in [-0.4, -0.2) is 59.5 Å². The van der Waals surface area contributed by atoms with Gasteiger partial charge in [0.2, 0.25) is 0 Å². The van der Waals surface area contributed by atoms with Crippen molar-refractivity contribution in [1.82, 2.24) is 4.90 Å². The first-order valence-electron chi connectivity index (χ1n) is 6.86. The van der Waals surface area contributed by atoms with Crippen LogP contribution in [-0.2, 0) is 4.74 Å². The third-order valence-electron chi connectivity index (χ3n) is 3.95. The summed E-state index contributed by atoms with van der Waals surface area (Å²) in [7, 11) is 0. The van der Waals surface area contributed by atoms with Gasteiger partial charge in [-0.3, -0.25) is 4.90 Å². The lowest BCUT2D eigenvalue weighted by atomic mass is 9.89. The fourth-order valence-electron chi connectivity index (χ4n) is 3.07. The van der Waals surface area contributed by atoms with Gasteiger partial charge < -0.3 is 9.84 Å². The van der Waals surface area contributed by atoms with Crippen molar-refractivity contribution in [3.05, 3.63) is 0 Å². The lowest BCUT2D eigenvalue weighted by Gasteiger charge is -2.42. The summed E-state index contributed by atoms with van der Waals surface area (Å²) in [6, 6.07) is 0.620. The van der Waals surface area contributed by atoms with Crippen LogP contribution in [0.2, 0.25) is 0 Å². The Labute approximate surface area is 109 Å². The Morgan fingerprint density at radius 1 is 1.47 bits per heavy atom. The summed E-state index contributed by atoms with van der Waals surface area (Å²) in [4.78, 5) is 2.47. The molecule has 2 aliphatic rings. The molecule has 4 heteroatoms. The maximum Gasteiger partial charge on any atom is 0.0795 e. The zero-order valence-corrected chi connectivity index (χ0v) is 11.7. The van der Waals surface area contributed by atoms with Crippen molar-refractivity contribution in [3.8, 4) is 0 Å². The van der Waals surface area contributed by atoms with Crippen molar-refractivity contribution in [2.24, 2.45) is 0 Å². The van der Waals surface area contributed by atoms with Crippen LogP contribution in [0.5, 0.6) is 0 Å². The van der Waals surface area contributed by atoms with E-state index >= 15 is 0 Å². The zero-order valence-electron chi connectivity index (χ0n) is 10.9. The van der Waals surface area contributed by atoms with Crippen molar-refractivity contribution in [1.29, 1.82) is 0 Å². The van der Waals surface area contributed by atoms with Crippen LogP contribution in [0.4, 0.5) is 0 Å². The first-order chi connectivity index (χ1) is 8.29. The van der Waals surface area contributed by atoms with Gasteiger partial charge in [-0.2, -0.15) is 11.8 Å². The quantitative estimate of drug-likeness (QED) is 0.815. The van der Waals surface area contributed by atoms with Crippen LogP contribution in [0, 0.1) is 0 Å². The fourth-order valence-corrected chi connectivity index (χ4v) is 4.45. The van der Waals surface area contributed by atoms with E-state index in [-0.39, 0.29) is 12.2 Å². The number of hydrogen-bond donors (Lipinski definition) is 1. The van der Waals surface area contributed by atoms with Crippen LogP contribution in [0.1, 0.15) is 32.6 Å². The highest BCUT2D eigenvalue weighted by Crippen LogP contribution is 2.39. The molecule has 1 N–H and O–H groups in total. The molecule has 2 rings (SSSR count). The van der Waals surface area contributed by atoms with Crippen LogP contribution >= 0.6 is 11.8 Å². The largest absolute Gasteiger partial charge is 0.395 e. The van der Waals surface area contributed by atoms with Crippen molar-refractivity contribution in [2.75, 3.05) is 37.8 Å². The van der Waals surface area contributed by atoms with Gasteiger partial charge in [-0.15, -0.1) is 0 Å². The molecule has 2 fully saturated rings. The monoisotopic (exact) mass is 259 g/mol. The van der Waals surface area contributed by atoms with Crippen molar-refractivity contribution in [2.45, 2.75) is 44.2 Å². The third-order valence-corrected chi connectivity index (χ3v) is 5.17. The van der Waals surface area contributed by atoms with E-state index in [0.29, 0.717) is 6.04 Å². The first-order valence-corrected chi connectivity index (χ1v) is 8.02. The van der Waals surface area contributed by atoms with E-state index in [1.807, 2.05) is 11.8 Å². The molecule has 3 nitrogen and oxygen atoms in total. The minimum absolute atomic E-state index is 0.162. The Balaban J connectivity index is 1.94. The minimum atomic E-state index is 0.162. The SMILES string of the molecule is CCCN(CCO)C1CCOC2(CCSC2)C1. The van der Waals surface area contributed by atoms with E-state index in [1.165, 1.54) is 30.8 Å². The average molecular weight is 259 g/mol. The highest BCUT2D eigenvalue weighted by molar-refractivity contribution is 7.99. The van der Waals surface area contributed by atoms with Crippen LogP contribution in [0.25, 0.3) is 0 Å². The van der Waals surface area contributed by atoms with Gasteiger partial charge in [0.1, 0.15) is 0 Å². The standard InChI is InChI=1S/C13H25NO2S/c1-2-5-14(6-7-15)12-3-8-16-13(10-12)4-9-17-11-13/h12,15H,2-11H2,1H3. The van der Waals surface area contributed by atoms with Crippen LogP contribution < -0.4 is 0 Å². The molecule has 0 amide bonds. The van der Waals surface area contributed by atoms with Gasteiger partial charge >= 0.3 is 0 Å². The van der Waals surface area contributed by atoms with E-state index in [1.54, 1.807) is 0 Å². The molecule has 2 saturated heterocycles. The Morgan fingerprint density at radius 2 is 2.35 bits per heavy atom.